The van der Waals surface area contributed by atoms with Crippen molar-refractivity contribution in [2.45, 2.75) is 12.6 Å². The Balaban J connectivity index is 1.72. The van der Waals surface area contributed by atoms with Crippen LogP contribution in [-0.2, 0) is 17.4 Å². The zero-order chi connectivity index (χ0) is 18.0. The highest BCUT2D eigenvalue weighted by molar-refractivity contribution is 7.22. The van der Waals surface area contributed by atoms with Gasteiger partial charge in [0.25, 0.3) is 0 Å². The summed E-state index contributed by atoms with van der Waals surface area (Å²) in [4.78, 5) is 16.4. The molecule has 0 spiro atoms. The average Bonchev–Trinajstić information content (AvgIpc) is 2.95. The summed E-state index contributed by atoms with van der Waals surface area (Å²) in [7, 11) is 1.56. The third-order valence-corrected chi connectivity index (χ3v) is 4.39. The quantitative estimate of drug-likeness (QED) is 0.739. The predicted octanol–water partition coefficient (Wildman–Crippen LogP) is 4.50. The molecule has 0 saturated carbocycles. The number of aromatic nitrogens is 1. The van der Waals surface area contributed by atoms with Gasteiger partial charge < -0.3 is 10.1 Å². The third-order valence-electron chi connectivity index (χ3n) is 3.46. The van der Waals surface area contributed by atoms with E-state index < -0.39 is 17.6 Å². The van der Waals surface area contributed by atoms with Crippen LogP contribution in [-0.4, -0.2) is 18.0 Å². The summed E-state index contributed by atoms with van der Waals surface area (Å²) in [5.41, 5.74) is 0.222. The molecule has 0 saturated heterocycles. The van der Waals surface area contributed by atoms with Crippen LogP contribution >= 0.6 is 11.3 Å². The molecule has 0 radical (unpaired) electrons. The summed E-state index contributed by atoms with van der Waals surface area (Å²) < 4.78 is 44.1. The minimum atomic E-state index is -4.43. The van der Waals surface area contributed by atoms with E-state index in [4.69, 9.17) is 4.74 Å². The second-order valence-corrected chi connectivity index (χ2v) is 6.31. The minimum Gasteiger partial charge on any atom is -0.497 e. The standard InChI is InChI=1S/C17H13F3N2O2S/c1-24-12-5-6-13-14(9-12)25-16(21-13)22-15(23)8-10-3-2-4-11(7-10)17(18,19)20/h2-7,9H,8H2,1H3,(H,21,22,23). The van der Waals surface area contributed by atoms with Crippen LogP contribution in [0.25, 0.3) is 10.2 Å². The number of halogens is 3. The third kappa shape index (κ3) is 4.08. The van der Waals surface area contributed by atoms with Crippen LogP contribution in [0.1, 0.15) is 11.1 Å². The summed E-state index contributed by atoms with van der Waals surface area (Å²) in [5, 5.41) is 3.01. The van der Waals surface area contributed by atoms with Crippen LogP contribution in [0, 0.1) is 0 Å². The number of hydrogen-bond donors (Lipinski definition) is 1. The summed E-state index contributed by atoms with van der Waals surface area (Å²) in [5.74, 6) is 0.253. The molecule has 25 heavy (non-hydrogen) atoms. The van der Waals surface area contributed by atoms with E-state index in [1.165, 1.54) is 23.5 Å². The number of methoxy groups -OCH3 is 1. The molecule has 3 rings (SSSR count). The van der Waals surface area contributed by atoms with Crippen molar-refractivity contribution in [3.05, 3.63) is 53.6 Å². The molecule has 0 aliphatic heterocycles. The summed E-state index contributed by atoms with van der Waals surface area (Å²) in [6.45, 7) is 0. The zero-order valence-corrected chi connectivity index (χ0v) is 13.9. The van der Waals surface area contributed by atoms with Crippen LogP contribution in [0.5, 0.6) is 5.75 Å². The summed E-state index contributed by atoms with van der Waals surface area (Å²) >= 11 is 1.27. The lowest BCUT2D eigenvalue weighted by Crippen LogP contribution is -2.15. The number of carbonyl (C=O) groups is 1. The second-order valence-electron chi connectivity index (χ2n) is 5.28. The minimum absolute atomic E-state index is 0.164. The van der Waals surface area contributed by atoms with Crippen molar-refractivity contribution >= 4 is 32.6 Å². The van der Waals surface area contributed by atoms with E-state index in [2.05, 4.69) is 10.3 Å². The Hall–Kier alpha value is -2.61. The van der Waals surface area contributed by atoms with Crippen molar-refractivity contribution in [1.29, 1.82) is 0 Å². The largest absolute Gasteiger partial charge is 0.497 e. The molecule has 0 fully saturated rings. The number of benzene rings is 2. The molecule has 130 valence electrons. The van der Waals surface area contributed by atoms with Gasteiger partial charge in [0.15, 0.2) is 5.13 Å². The maximum Gasteiger partial charge on any atom is 0.416 e. The number of alkyl halides is 3. The molecular formula is C17H13F3N2O2S. The van der Waals surface area contributed by atoms with E-state index in [-0.39, 0.29) is 12.0 Å². The molecular weight excluding hydrogens is 353 g/mol. The number of nitrogens with zero attached hydrogens (tertiary/aromatic N) is 1. The number of rotatable bonds is 4. The van der Waals surface area contributed by atoms with Gasteiger partial charge in [-0.25, -0.2) is 4.98 Å². The molecule has 8 heteroatoms. The number of fused-ring (bicyclic) bond motifs is 1. The van der Waals surface area contributed by atoms with Gasteiger partial charge in [-0.3, -0.25) is 4.79 Å². The Labute approximate surface area is 145 Å². The first-order valence-electron chi connectivity index (χ1n) is 7.26. The Bertz CT molecular complexity index is 922. The van der Waals surface area contributed by atoms with Crippen molar-refractivity contribution in [3.63, 3.8) is 0 Å². The van der Waals surface area contributed by atoms with Gasteiger partial charge in [0.1, 0.15) is 5.75 Å². The van der Waals surface area contributed by atoms with E-state index in [1.54, 1.807) is 25.3 Å². The highest BCUT2D eigenvalue weighted by Gasteiger charge is 2.30. The van der Waals surface area contributed by atoms with E-state index in [0.29, 0.717) is 16.4 Å². The first kappa shape index (κ1) is 17.2. The van der Waals surface area contributed by atoms with E-state index in [9.17, 15) is 18.0 Å². The Morgan fingerprint density at radius 2 is 2.04 bits per heavy atom. The molecule has 1 aromatic heterocycles. The molecule has 1 heterocycles. The first-order chi connectivity index (χ1) is 11.8. The van der Waals surface area contributed by atoms with Crippen LogP contribution in [0.3, 0.4) is 0 Å². The molecule has 0 aliphatic carbocycles. The van der Waals surface area contributed by atoms with Gasteiger partial charge in [-0.1, -0.05) is 29.5 Å². The molecule has 1 amide bonds. The average molecular weight is 366 g/mol. The van der Waals surface area contributed by atoms with Crippen molar-refractivity contribution in [1.82, 2.24) is 4.98 Å². The molecule has 0 atom stereocenters. The van der Waals surface area contributed by atoms with Crippen molar-refractivity contribution in [2.75, 3.05) is 12.4 Å². The molecule has 0 aliphatic rings. The second kappa shape index (κ2) is 6.72. The van der Waals surface area contributed by atoms with Gasteiger partial charge >= 0.3 is 6.18 Å². The van der Waals surface area contributed by atoms with Gasteiger partial charge in [-0.05, 0) is 29.8 Å². The molecule has 2 aromatic carbocycles. The van der Waals surface area contributed by atoms with Gasteiger partial charge in [0.2, 0.25) is 5.91 Å². The lowest BCUT2D eigenvalue weighted by atomic mass is 10.1. The smallest absolute Gasteiger partial charge is 0.416 e. The molecule has 0 bridgehead atoms. The number of amides is 1. The van der Waals surface area contributed by atoms with Crippen LogP contribution in [0.2, 0.25) is 0 Å². The van der Waals surface area contributed by atoms with Gasteiger partial charge in [0, 0.05) is 0 Å². The van der Waals surface area contributed by atoms with Crippen molar-refractivity contribution in [2.24, 2.45) is 0 Å². The number of anilines is 1. The fourth-order valence-electron chi connectivity index (χ4n) is 2.29. The Kier molecular flexibility index (Phi) is 4.63. The fraction of sp³-hybridized carbons (Fsp3) is 0.176. The van der Waals surface area contributed by atoms with Crippen LogP contribution in [0.4, 0.5) is 18.3 Å². The van der Waals surface area contributed by atoms with E-state index in [0.717, 1.165) is 16.8 Å². The fourth-order valence-corrected chi connectivity index (χ4v) is 3.20. The highest BCUT2D eigenvalue weighted by atomic mass is 32.1. The number of thiazole rings is 1. The zero-order valence-electron chi connectivity index (χ0n) is 13.1. The van der Waals surface area contributed by atoms with Crippen LogP contribution in [0.15, 0.2) is 42.5 Å². The monoisotopic (exact) mass is 366 g/mol. The predicted molar refractivity (Wildman–Crippen MR) is 89.9 cm³/mol. The Morgan fingerprint density at radius 3 is 2.76 bits per heavy atom. The molecule has 1 N–H and O–H groups in total. The van der Waals surface area contributed by atoms with E-state index in [1.807, 2.05) is 0 Å². The number of nitrogens with one attached hydrogen (secondary N) is 1. The normalized spacial score (nSPS) is 11.5. The Morgan fingerprint density at radius 1 is 1.24 bits per heavy atom. The maximum atomic E-state index is 12.7. The SMILES string of the molecule is COc1ccc2nc(NC(=O)Cc3cccc(C(F)(F)F)c3)sc2c1. The van der Waals surface area contributed by atoms with Gasteiger partial charge in [0.05, 0.1) is 29.3 Å². The highest BCUT2D eigenvalue weighted by Crippen LogP contribution is 2.30. The topological polar surface area (TPSA) is 51.2 Å². The van der Waals surface area contributed by atoms with E-state index >= 15 is 0 Å². The first-order valence-corrected chi connectivity index (χ1v) is 8.07. The lowest BCUT2D eigenvalue weighted by Gasteiger charge is -2.08. The van der Waals surface area contributed by atoms with Gasteiger partial charge in [-0.2, -0.15) is 13.2 Å². The number of hydrogen-bond acceptors (Lipinski definition) is 4. The summed E-state index contributed by atoms with van der Waals surface area (Å²) in [6, 6.07) is 10.1. The summed E-state index contributed by atoms with van der Waals surface area (Å²) in [6.07, 6.45) is -4.60. The number of ether oxygens (including phenoxy) is 1. The lowest BCUT2D eigenvalue weighted by molar-refractivity contribution is -0.137. The molecule has 4 nitrogen and oxygen atoms in total. The van der Waals surface area contributed by atoms with Crippen molar-refractivity contribution < 1.29 is 22.7 Å². The van der Waals surface area contributed by atoms with Crippen LogP contribution < -0.4 is 10.1 Å². The molecule has 3 aromatic rings. The number of carbonyl (C=O) groups excluding carboxylic acids is 1. The van der Waals surface area contributed by atoms with Gasteiger partial charge in [-0.15, -0.1) is 0 Å². The molecule has 0 unspecified atom stereocenters. The van der Waals surface area contributed by atoms with Crippen molar-refractivity contribution in [3.8, 4) is 5.75 Å². The maximum absolute atomic E-state index is 12.7.